The standard InChI is InChI=1S/C18H23N5O2S.ClH/c1-11(19-2)9-14-21-15(25-22-14)7-8-23-10-20-17-16(18(23)24)12-5-3-4-6-13(12)26-17;/h10-11,19H,3-9H2,1-2H3;1H. The van der Waals surface area contributed by atoms with Gasteiger partial charge in [-0.15, -0.1) is 23.7 Å². The van der Waals surface area contributed by atoms with Crippen molar-refractivity contribution in [3.8, 4) is 0 Å². The minimum Gasteiger partial charge on any atom is -0.339 e. The Hall–Kier alpha value is -1.77. The molecular weight excluding hydrogens is 386 g/mol. The van der Waals surface area contributed by atoms with Crippen molar-refractivity contribution in [1.29, 1.82) is 0 Å². The van der Waals surface area contributed by atoms with Crippen LogP contribution in [-0.2, 0) is 32.2 Å². The van der Waals surface area contributed by atoms with Crippen molar-refractivity contribution in [3.63, 3.8) is 0 Å². The van der Waals surface area contributed by atoms with E-state index in [4.69, 9.17) is 4.52 Å². The van der Waals surface area contributed by atoms with Gasteiger partial charge in [0.2, 0.25) is 5.89 Å². The molecule has 0 radical (unpaired) electrons. The summed E-state index contributed by atoms with van der Waals surface area (Å²) in [5, 5.41) is 7.98. The second-order valence-electron chi connectivity index (χ2n) is 6.88. The smallest absolute Gasteiger partial charge is 0.262 e. The van der Waals surface area contributed by atoms with Gasteiger partial charge in [-0.3, -0.25) is 9.36 Å². The zero-order chi connectivity index (χ0) is 18.1. The molecule has 1 aliphatic rings. The van der Waals surface area contributed by atoms with E-state index in [9.17, 15) is 4.79 Å². The van der Waals surface area contributed by atoms with Crippen LogP contribution in [0.1, 0.15) is 41.9 Å². The molecule has 0 fully saturated rings. The van der Waals surface area contributed by atoms with Gasteiger partial charge < -0.3 is 9.84 Å². The first-order valence-electron chi connectivity index (χ1n) is 9.14. The van der Waals surface area contributed by atoms with Crippen molar-refractivity contribution in [2.24, 2.45) is 0 Å². The Bertz CT molecular complexity index is 980. The van der Waals surface area contributed by atoms with E-state index in [0.29, 0.717) is 37.1 Å². The maximum absolute atomic E-state index is 12.9. The second-order valence-corrected chi connectivity index (χ2v) is 7.97. The lowest BCUT2D eigenvalue weighted by Crippen LogP contribution is -2.24. The lowest BCUT2D eigenvalue weighted by molar-refractivity contribution is 0.364. The number of thiophene rings is 1. The summed E-state index contributed by atoms with van der Waals surface area (Å²) in [6, 6.07) is 0.291. The van der Waals surface area contributed by atoms with E-state index in [1.165, 1.54) is 16.9 Å². The summed E-state index contributed by atoms with van der Waals surface area (Å²) in [6.07, 6.45) is 7.32. The van der Waals surface area contributed by atoms with Crippen LogP contribution in [-0.4, -0.2) is 32.8 Å². The monoisotopic (exact) mass is 409 g/mol. The predicted molar refractivity (Wildman–Crippen MR) is 108 cm³/mol. The Morgan fingerprint density at radius 1 is 1.37 bits per heavy atom. The normalized spacial score (nSPS) is 14.7. The number of hydrogen-bond acceptors (Lipinski definition) is 7. The molecule has 0 saturated heterocycles. The van der Waals surface area contributed by atoms with Gasteiger partial charge in [0.05, 0.1) is 11.7 Å². The lowest BCUT2D eigenvalue weighted by Gasteiger charge is -2.10. The molecule has 7 nitrogen and oxygen atoms in total. The fourth-order valence-corrected chi connectivity index (χ4v) is 4.63. The predicted octanol–water partition coefficient (Wildman–Crippen LogP) is 2.53. The first-order chi connectivity index (χ1) is 12.7. The highest BCUT2D eigenvalue weighted by molar-refractivity contribution is 7.18. The molecule has 1 atom stereocenters. The summed E-state index contributed by atoms with van der Waals surface area (Å²) in [5.74, 6) is 1.25. The molecule has 3 aromatic heterocycles. The third kappa shape index (κ3) is 4.07. The van der Waals surface area contributed by atoms with Gasteiger partial charge in [-0.1, -0.05) is 5.16 Å². The van der Waals surface area contributed by atoms with Gasteiger partial charge in [0, 0.05) is 30.3 Å². The number of fused-ring (bicyclic) bond motifs is 3. The number of rotatable bonds is 6. The Kier molecular flexibility index (Phi) is 6.29. The second kappa shape index (κ2) is 8.50. The molecule has 1 aliphatic carbocycles. The minimum atomic E-state index is 0. The van der Waals surface area contributed by atoms with Gasteiger partial charge in [0.25, 0.3) is 5.56 Å². The van der Waals surface area contributed by atoms with Gasteiger partial charge in [-0.2, -0.15) is 4.98 Å². The third-order valence-corrected chi connectivity index (χ3v) is 6.20. The maximum atomic E-state index is 12.9. The summed E-state index contributed by atoms with van der Waals surface area (Å²) >= 11 is 1.68. The summed E-state index contributed by atoms with van der Waals surface area (Å²) in [7, 11) is 1.91. The van der Waals surface area contributed by atoms with Gasteiger partial charge in [0.15, 0.2) is 5.82 Å². The molecule has 27 heavy (non-hydrogen) atoms. The van der Waals surface area contributed by atoms with Crippen LogP contribution in [0.4, 0.5) is 0 Å². The highest BCUT2D eigenvalue weighted by Gasteiger charge is 2.20. The summed E-state index contributed by atoms with van der Waals surface area (Å²) < 4.78 is 6.98. The largest absolute Gasteiger partial charge is 0.339 e. The number of aryl methyl sites for hydroxylation is 4. The zero-order valence-corrected chi connectivity index (χ0v) is 17.2. The molecule has 146 valence electrons. The van der Waals surface area contributed by atoms with Crippen molar-refractivity contribution in [3.05, 3.63) is 38.8 Å². The number of nitrogens with zero attached hydrogens (tertiary/aromatic N) is 4. The van der Waals surface area contributed by atoms with E-state index in [2.05, 4.69) is 27.4 Å². The highest BCUT2D eigenvalue weighted by atomic mass is 35.5. The Morgan fingerprint density at radius 3 is 3.00 bits per heavy atom. The topological polar surface area (TPSA) is 85.8 Å². The first kappa shape index (κ1) is 20.0. The fraction of sp³-hybridized carbons (Fsp3) is 0.556. The Morgan fingerprint density at radius 2 is 2.19 bits per heavy atom. The number of hydrogen-bond donors (Lipinski definition) is 1. The minimum absolute atomic E-state index is 0. The van der Waals surface area contributed by atoms with Gasteiger partial charge >= 0.3 is 0 Å². The number of halogens is 1. The molecule has 3 heterocycles. The molecule has 0 amide bonds. The molecule has 9 heteroatoms. The quantitative estimate of drug-likeness (QED) is 0.673. The maximum Gasteiger partial charge on any atom is 0.262 e. The molecule has 0 spiro atoms. The molecule has 0 bridgehead atoms. The van der Waals surface area contributed by atoms with Crippen molar-refractivity contribution in [2.75, 3.05) is 7.05 Å². The lowest BCUT2D eigenvalue weighted by atomic mass is 9.97. The van der Waals surface area contributed by atoms with Crippen molar-refractivity contribution < 1.29 is 4.52 Å². The molecule has 0 aliphatic heterocycles. The van der Waals surface area contributed by atoms with E-state index in [1.807, 2.05) is 7.05 Å². The van der Waals surface area contributed by atoms with Gasteiger partial charge in [-0.05, 0) is 45.2 Å². The third-order valence-electron chi connectivity index (χ3n) is 5.00. The van der Waals surface area contributed by atoms with Crippen LogP contribution in [0, 0.1) is 0 Å². The van der Waals surface area contributed by atoms with Crippen LogP contribution < -0.4 is 10.9 Å². The van der Waals surface area contributed by atoms with Gasteiger partial charge in [0.1, 0.15) is 4.83 Å². The summed E-state index contributed by atoms with van der Waals surface area (Å²) in [4.78, 5) is 24.1. The molecule has 0 saturated carbocycles. The molecule has 1 unspecified atom stereocenters. The first-order valence-corrected chi connectivity index (χ1v) is 9.95. The van der Waals surface area contributed by atoms with Crippen molar-refractivity contribution >= 4 is 34.0 Å². The van der Waals surface area contributed by atoms with E-state index in [0.717, 1.165) is 29.5 Å². The molecular formula is C18H24ClN5O2S. The van der Waals surface area contributed by atoms with E-state index >= 15 is 0 Å². The molecule has 0 aromatic carbocycles. The Labute approximate surface area is 167 Å². The average Bonchev–Trinajstić information content (AvgIpc) is 3.25. The van der Waals surface area contributed by atoms with Crippen LogP contribution in [0.3, 0.4) is 0 Å². The number of likely N-dealkylation sites (N-methyl/N-ethyl adjacent to an activating group) is 1. The molecule has 3 aromatic rings. The number of aromatic nitrogens is 4. The van der Waals surface area contributed by atoms with Crippen LogP contribution in [0.15, 0.2) is 15.6 Å². The molecule has 4 rings (SSSR count). The number of nitrogens with one attached hydrogen (secondary N) is 1. The summed E-state index contributed by atoms with van der Waals surface area (Å²) in [6.45, 7) is 2.56. The van der Waals surface area contributed by atoms with Crippen molar-refractivity contribution in [2.45, 2.75) is 58.0 Å². The van der Waals surface area contributed by atoms with Crippen LogP contribution in [0.25, 0.3) is 10.2 Å². The highest BCUT2D eigenvalue weighted by Crippen LogP contribution is 2.33. The SMILES string of the molecule is CNC(C)Cc1noc(CCn2cnc3sc4c(c3c2=O)CCCC4)n1.Cl. The Balaban J connectivity index is 0.00000210. The van der Waals surface area contributed by atoms with Crippen LogP contribution >= 0.6 is 23.7 Å². The van der Waals surface area contributed by atoms with E-state index in [-0.39, 0.29) is 18.0 Å². The van der Waals surface area contributed by atoms with Crippen LogP contribution in [0.2, 0.25) is 0 Å². The van der Waals surface area contributed by atoms with Crippen molar-refractivity contribution in [1.82, 2.24) is 25.0 Å². The zero-order valence-electron chi connectivity index (χ0n) is 15.5. The average molecular weight is 410 g/mol. The van der Waals surface area contributed by atoms with E-state index < -0.39 is 0 Å². The van der Waals surface area contributed by atoms with E-state index in [1.54, 1.807) is 22.2 Å². The van der Waals surface area contributed by atoms with Crippen LogP contribution in [0.5, 0.6) is 0 Å². The molecule has 1 N–H and O–H groups in total. The fourth-order valence-electron chi connectivity index (χ4n) is 3.41. The summed E-state index contributed by atoms with van der Waals surface area (Å²) in [5.41, 5.74) is 1.28. The van der Waals surface area contributed by atoms with Gasteiger partial charge in [-0.25, -0.2) is 4.98 Å².